The van der Waals surface area contributed by atoms with Gasteiger partial charge in [0.1, 0.15) is 0 Å². The molecule has 0 saturated heterocycles. The van der Waals surface area contributed by atoms with E-state index in [9.17, 15) is 4.79 Å². The minimum Gasteiger partial charge on any atom is -0.349 e. The van der Waals surface area contributed by atoms with Crippen LogP contribution in [0.1, 0.15) is 37.4 Å². The first-order valence-corrected chi connectivity index (χ1v) is 5.92. The van der Waals surface area contributed by atoms with Crippen molar-refractivity contribution in [3.63, 3.8) is 0 Å². The summed E-state index contributed by atoms with van der Waals surface area (Å²) in [4.78, 5) is 11.8. The average Bonchev–Trinajstić information content (AvgIpc) is 3.06. The Bertz CT molecular complexity index is 458. The van der Waals surface area contributed by atoms with Gasteiger partial charge in [-0.25, -0.2) is 0 Å². The number of nitrogens with zero attached hydrogens (tertiary/aromatic N) is 1. The number of hydrogen-bond donors (Lipinski definition) is 1. The zero-order valence-electron chi connectivity index (χ0n) is 10.1. The van der Waals surface area contributed by atoms with Crippen molar-refractivity contribution >= 4 is 5.91 Å². The van der Waals surface area contributed by atoms with Gasteiger partial charge < -0.3 is 5.32 Å². The van der Waals surface area contributed by atoms with Gasteiger partial charge in [-0.2, -0.15) is 5.26 Å². The normalized spacial score (nSPS) is 23.6. The third-order valence-electron chi connectivity index (χ3n) is 3.34. The van der Waals surface area contributed by atoms with Crippen molar-refractivity contribution in [2.75, 3.05) is 0 Å². The summed E-state index contributed by atoms with van der Waals surface area (Å²) in [6.45, 7) is 4.06. The van der Waals surface area contributed by atoms with Gasteiger partial charge in [0, 0.05) is 5.92 Å². The lowest BCUT2D eigenvalue weighted by molar-refractivity contribution is -0.123. The molecule has 88 valence electrons. The SMILES string of the molecule is CC(NC(=O)C1CC1C)c1ccc(C#N)cc1. The van der Waals surface area contributed by atoms with Gasteiger partial charge in [0.25, 0.3) is 0 Å². The van der Waals surface area contributed by atoms with Crippen molar-refractivity contribution in [1.82, 2.24) is 5.32 Å². The van der Waals surface area contributed by atoms with Crippen LogP contribution < -0.4 is 5.32 Å². The third kappa shape index (κ3) is 2.65. The van der Waals surface area contributed by atoms with E-state index in [0.717, 1.165) is 12.0 Å². The fourth-order valence-electron chi connectivity index (χ4n) is 1.94. The number of rotatable bonds is 3. The summed E-state index contributed by atoms with van der Waals surface area (Å²) in [5.74, 6) is 0.883. The van der Waals surface area contributed by atoms with Crippen LogP contribution in [0.3, 0.4) is 0 Å². The van der Waals surface area contributed by atoms with Crippen LogP contribution >= 0.6 is 0 Å². The second kappa shape index (κ2) is 4.58. The van der Waals surface area contributed by atoms with Crippen LogP contribution in [0, 0.1) is 23.2 Å². The molecule has 1 aliphatic rings. The molecule has 0 aromatic heterocycles. The third-order valence-corrected chi connectivity index (χ3v) is 3.34. The highest BCUT2D eigenvalue weighted by atomic mass is 16.2. The summed E-state index contributed by atoms with van der Waals surface area (Å²) in [7, 11) is 0. The van der Waals surface area contributed by atoms with E-state index in [2.05, 4.69) is 18.3 Å². The van der Waals surface area contributed by atoms with Crippen LogP contribution in [0.15, 0.2) is 24.3 Å². The summed E-state index contributed by atoms with van der Waals surface area (Å²) in [6, 6.07) is 9.41. The van der Waals surface area contributed by atoms with E-state index in [-0.39, 0.29) is 17.9 Å². The van der Waals surface area contributed by atoms with E-state index in [4.69, 9.17) is 5.26 Å². The summed E-state index contributed by atoms with van der Waals surface area (Å²) in [5, 5.41) is 11.7. The van der Waals surface area contributed by atoms with Crippen LogP contribution in [0.25, 0.3) is 0 Å². The largest absolute Gasteiger partial charge is 0.349 e. The molecule has 2 rings (SSSR count). The quantitative estimate of drug-likeness (QED) is 0.863. The summed E-state index contributed by atoms with van der Waals surface area (Å²) >= 11 is 0. The van der Waals surface area contributed by atoms with E-state index >= 15 is 0 Å². The van der Waals surface area contributed by atoms with Gasteiger partial charge in [-0.05, 0) is 37.0 Å². The van der Waals surface area contributed by atoms with Crippen LogP contribution in [0.4, 0.5) is 0 Å². The first-order chi connectivity index (χ1) is 8.11. The number of nitrogens with one attached hydrogen (secondary N) is 1. The Balaban J connectivity index is 1.97. The van der Waals surface area contributed by atoms with E-state index in [1.165, 1.54) is 0 Å². The highest BCUT2D eigenvalue weighted by Gasteiger charge is 2.39. The van der Waals surface area contributed by atoms with E-state index in [1.54, 1.807) is 12.1 Å². The molecular formula is C14H16N2O. The van der Waals surface area contributed by atoms with Crippen molar-refractivity contribution in [1.29, 1.82) is 5.26 Å². The molecule has 1 amide bonds. The Labute approximate surface area is 101 Å². The van der Waals surface area contributed by atoms with Crippen molar-refractivity contribution in [3.05, 3.63) is 35.4 Å². The fourth-order valence-corrected chi connectivity index (χ4v) is 1.94. The Morgan fingerprint density at radius 2 is 2.06 bits per heavy atom. The van der Waals surface area contributed by atoms with Crippen molar-refractivity contribution < 1.29 is 4.79 Å². The van der Waals surface area contributed by atoms with Gasteiger partial charge in [0.2, 0.25) is 5.91 Å². The molecule has 3 heteroatoms. The predicted octanol–water partition coefficient (Wildman–Crippen LogP) is 2.39. The molecule has 1 aromatic rings. The highest BCUT2D eigenvalue weighted by molar-refractivity contribution is 5.81. The van der Waals surface area contributed by atoms with E-state index in [1.807, 2.05) is 19.1 Å². The molecule has 0 aliphatic heterocycles. The number of hydrogen-bond acceptors (Lipinski definition) is 2. The number of amides is 1. The first-order valence-electron chi connectivity index (χ1n) is 5.92. The summed E-state index contributed by atoms with van der Waals surface area (Å²) in [5.41, 5.74) is 1.67. The molecular weight excluding hydrogens is 212 g/mol. The van der Waals surface area contributed by atoms with E-state index in [0.29, 0.717) is 11.5 Å². The lowest BCUT2D eigenvalue weighted by Crippen LogP contribution is -2.28. The van der Waals surface area contributed by atoms with Gasteiger partial charge in [-0.3, -0.25) is 4.79 Å². The standard InChI is InChI=1S/C14H16N2O/c1-9-7-13(9)14(17)16-10(2)12-5-3-11(8-15)4-6-12/h3-6,9-10,13H,7H2,1-2H3,(H,16,17). The Morgan fingerprint density at radius 1 is 1.47 bits per heavy atom. The molecule has 0 radical (unpaired) electrons. The molecule has 1 N–H and O–H groups in total. The fraction of sp³-hybridized carbons (Fsp3) is 0.429. The van der Waals surface area contributed by atoms with Gasteiger partial charge >= 0.3 is 0 Å². The second-order valence-corrected chi connectivity index (χ2v) is 4.78. The average molecular weight is 228 g/mol. The number of benzene rings is 1. The maximum absolute atomic E-state index is 11.8. The van der Waals surface area contributed by atoms with Gasteiger partial charge in [0.05, 0.1) is 17.7 Å². The van der Waals surface area contributed by atoms with Crippen LogP contribution in [0.5, 0.6) is 0 Å². The smallest absolute Gasteiger partial charge is 0.223 e. The Kier molecular flexibility index (Phi) is 3.14. The van der Waals surface area contributed by atoms with Crippen molar-refractivity contribution in [2.24, 2.45) is 11.8 Å². The van der Waals surface area contributed by atoms with Gasteiger partial charge in [-0.15, -0.1) is 0 Å². The Hall–Kier alpha value is -1.82. The maximum Gasteiger partial charge on any atom is 0.223 e. The Morgan fingerprint density at radius 3 is 2.53 bits per heavy atom. The molecule has 3 atom stereocenters. The number of carbonyl (C=O) groups is 1. The topological polar surface area (TPSA) is 52.9 Å². The zero-order chi connectivity index (χ0) is 12.4. The molecule has 3 nitrogen and oxygen atoms in total. The monoisotopic (exact) mass is 228 g/mol. The molecule has 1 aromatic carbocycles. The minimum atomic E-state index is 0.00282. The zero-order valence-corrected chi connectivity index (χ0v) is 10.1. The predicted molar refractivity (Wildman–Crippen MR) is 65.0 cm³/mol. The van der Waals surface area contributed by atoms with E-state index < -0.39 is 0 Å². The summed E-state index contributed by atoms with van der Waals surface area (Å²) < 4.78 is 0. The number of carbonyl (C=O) groups excluding carboxylic acids is 1. The number of nitriles is 1. The van der Waals surface area contributed by atoms with Gasteiger partial charge in [-0.1, -0.05) is 19.1 Å². The van der Waals surface area contributed by atoms with Crippen LogP contribution in [-0.4, -0.2) is 5.91 Å². The van der Waals surface area contributed by atoms with Crippen molar-refractivity contribution in [2.45, 2.75) is 26.3 Å². The molecule has 0 heterocycles. The molecule has 1 aliphatic carbocycles. The molecule has 1 saturated carbocycles. The lowest BCUT2D eigenvalue weighted by atomic mass is 10.1. The molecule has 0 spiro atoms. The maximum atomic E-state index is 11.8. The molecule has 0 bridgehead atoms. The molecule has 1 fully saturated rings. The molecule has 3 unspecified atom stereocenters. The van der Waals surface area contributed by atoms with Crippen molar-refractivity contribution in [3.8, 4) is 6.07 Å². The summed E-state index contributed by atoms with van der Waals surface area (Å²) in [6.07, 6.45) is 1.01. The second-order valence-electron chi connectivity index (χ2n) is 4.78. The minimum absolute atomic E-state index is 0.00282. The lowest BCUT2D eigenvalue weighted by Gasteiger charge is -2.14. The molecule has 17 heavy (non-hydrogen) atoms. The van der Waals surface area contributed by atoms with Crippen LogP contribution in [0.2, 0.25) is 0 Å². The van der Waals surface area contributed by atoms with Gasteiger partial charge in [0.15, 0.2) is 0 Å². The van der Waals surface area contributed by atoms with Crippen LogP contribution in [-0.2, 0) is 4.79 Å². The first kappa shape index (κ1) is 11.7. The highest BCUT2D eigenvalue weighted by Crippen LogP contribution is 2.38.